The minimum atomic E-state index is -0.382. The van der Waals surface area contributed by atoms with Crippen LogP contribution in [0.4, 0.5) is 16.2 Å². The molecule has 19 heavy (non-hydrogen) atoms. The quantitative estimate of drug-likeness (QED) is 0.815. The fraction of sp³-hybridized carbons (Fsp3) is 0.533. The van der Waals surface area contributed by atoms with Gasteiger partial charge < -0.3 is 10.5 Å². The Morgan fingerprint density at radius 2 is 2.32 bits per heavy atom. The first-order valence-electron chi connectivity index (χ1n) is 7.00. The van der Waals surface area contributed by atoms with E-state index in [0.29, 0.717) is 17.3 Å². The van der Waals surface area contributed by atoms with Crippen molar-refractivity contribution in [1.29, 1.82) is 0 Å². The van der Waals surface area contributed by atoms with E-state index in [2.05, 4.69) is 12.2 Å². The molecule has 1 fully saturated rings. The third-order valence-corrected chi connectivity index (χ3v) is 3.72. The SMILES string of the molecule is CCC1CCCC(OC(=O)Nc2cccc(N)c2)C1. The molecule has 2 atom stereocenters. The summed E-state index contributed by atoms with van der Waals surface area (Å²) in [6.45, 7) is 2.19. The Morgan fingerprint density at radius 3 is 3.05 bits per heavy atom. The van der Waals surface area contributed by atoms with Crippen LogP contribution in [-0.2, 0) is 4.74 Å². The number of benzene rings is 1. The lowest BCUT2D eigenvalue weighted by atomic mass is 9.85. The highest BCUT2D eigenvalue weighted by Crippen LogP contribution is 2.28. The second-order valence-electron chi connectivity index (χ2n) is 5.22. The van der Waals surface area contributed by atoms with Crippen molar-refractivity contribution in [3.63, 3.8) is 0 Å². The number of amides is 1. The summed E-state index contributed by atoms with van der Waals surface area (Å²) in [5.74, 6) is 0.693. The van der Waals surface area contributed by atoms with Gasteiger partial charge in [-0.25, -0.2) is 4.79 Å². The third kappa shape index (κ3) is 4.16. The predicted octanol–water partition coefficient (Wildman–Crippen LogP) is 3.79. The summed E-state index contributed by atoms with van der Waals surface area (Å²) in [6.07, 6.45) is 5.20. The predicted molar refractivity (Wildman–Crippen MR) is 77.0 cm³/mol. The summed E-state index contributed by atoms with van der Waals surface area (Å²) in [4.78, 5) is 11.8. The smallest absolute Gasteiger partial charge is 0.411 e. The number of hydrogen-bond acceptors (Lipinski definition) is 3. The molecule has 0 aliphatic heterocycles. The van der Waals surface area contributed by atoms with Gasteiger partial charge in [-0.05, 0) is 43.4 Å². The number of hydrogen-bond donors (Lipinski definition) is 2. The van der Waals surface area contributed by atoms with Crippen molar-refractivity contribution >= 4 is 17.5 Å². The standard InChI is InChI=1S/C15H22N2O2/c1-2-11-5-3-8-14(9-11)19-15(18)17-13-7-4-6-12(16)10-13/h4,6-7,10-11,14H,2-3,5,8-9,16H2,1H3,(H,17,18). The van der Waals surface area contributed by atoms with E-state index in [-0.39, 0.29) is 12.2 Å². The number of anilines is 2. The van der Waals surface area contributed by atoms with Crippen LogP contribution in [0.25, 0.3) is 0 Å². The summed E-state index contributed by atoms with van der Waals surface area (Å²) in [5.41, 5.74) is 6.96. The van der Waals surface area contributed by atoms with E-state index in [1.165, 1.54) is 6.42 Å². The maximum Gasteiger partial charge on any atom is 0.411 e. The van der Waals surface area contributed by atoms with E-state index < -0.39 is 0 Å². The summed E-state index contributed by atoms with van der Waals surface area (Å²) in [6, 6.07) is 7.10. The van der Waals surface area contributed by atoms with Gasteiger partial charge in [-0.3, -0.25) is 5.32 Å². The van der Waals surface area contributed by atoms with E-state index in [9.17, 15) is 4.79 Å². The summed E-state index contributed by atoms with van der Waals surface area (Å²) in [7, 11) is 0. The monoisotopic (exact) mass is 262 g/mol. The van der Waals surface area contributed by atoms with E-state index in [4.69, 9.17) is 10.5 Å². The van der Waals surface area contributed by atoms with Crippen molar-refractivity contribution in [3.05, 3.63) is 24.3 Å². The topological polar surface area (TPSA) is 64.3 Å². The number of nitrogens with two attached hydrogens (primary N) is 1. The number of nitrogen functional groups attached to an aromatic ring is 1. The van der Waals surface area contributed by atoms with Gasteiger partial charge in [0.1, 0.15) is 6.10 Å². The zero-order valence-electron chi connectivity index (χ0n) is 11.4. The summed E-state index contributed by atoms with van der Waals surface area (Å²) >= 11 is 0. The van der Waals surface area contributed by atoms with Crippen LogP contribution in [-0.4, -0.2) is 12.2 Å². The Labute approximate surface area is 114 Å². The van der Waals surface area contributed by atoms with E-state index in [1.54, 1.807) is 24.3 Å². The molecule has 0 spiro atoms. The summed E-state index contributed by atoms with van der Waals surface area (Å²) in [5, 5.41) is 2.72. The van der Waals surface area contributed by atoms with E-state index >= 15 is 0 Å². The van der Waals surface area contributed by atoms with Crippen LogP contribution in [0.1, 0.15) is 39.0 Å². The molecular formula is C15H22N2O2. The molecule has 1 aliphatic carbocycles. The molecule has 2 unspecified atom stereocenters. The van der Waals surface area contributed by atoms with Crippen LogP contribution >= 0.6 is 0 Å². The van der Waals surface area contributed by atoms with Gasteiger partial charge in [-0.15, -0.1) is 0 Å². The van der Waals surface area contributed by atoms with Gasteiger partial charge in [0, 0.05) is 11.4 Å². The lowest BCUT2D eigenvalue weighted by Crippen LogP contribution is -2.27. The second-order valence-corrected chi connectivity index (χ2v) is 5.22. The molecular weight excluding hydrogens is 240 g/mol. The molecule has 1 aliphatic rings. The van der Waals surface area contributed by atoms with Crippen molar-refractivity contribution in [2.24, 2.45) is 5.92 Å². The minimum absolute atomic E-state index is 0.0553. The van der Waals surface area contributed by atoms with Gasteiger partial charge >= 0.3 is 6.09 Å². The third-order valence-electron chi connectivity index (χ3n) is 3.72. The zero-order valence-corrected chi connectivity index (χ0v) is 11.4. The van der Waals surface area contributed by atoms with Gasteiger partial charge in [0.25, 0.3) is 0 Å². The van der Waals surface area contributed by atoms with Gasteiger partial charge in [-0.1, -0.05) is 25.8 Å². The van der Waals surface area contributed by atoms with Gasteiger partial charge in [0.2, 0.25) is 0 Å². The highest BCUT2D eigenvalue weighted by Gasteiger charge is 2.23. The normalized spacial score (nSPS) is 22.8. The first kappa shape index (κ1) is 13.7. The fourth-order valence-electron chi connectivity index (χ4n) is 2.63. The highest BCUT2D eigenvalue weighted by atomic mass is 16.6. The largest absolute Gasteiger partial charge is 0.446 e. The average molecular weight is 262 g/mol. The number of carbonyl (C=O) groups excluding carboxylic acids is 1. The van der Waals surface area contributed by atoms with E-state index in [0.717, 1.165) is 25.7 Å². The molecule has 4 heteroatoms. The number of rotatable bonds is 3. The molecule has 1 amide bonds. The van der Waals surface area contributed by atoms with Crippen molar-refractivity contribution in [3.8, 4) is 0 Å². The maximum atomic E-state index is 11.8. The Hall–Kier alpha value is -1.71. The molecule has 104 valence electrons. The molecule has 3 N–H and O–H groups in total. The van der Waals surface area contributed by atoms with Crippen LogP contribution in [0.2, 0.25) is 0 Å². The Bertz CT molecular complexity index is 434. The van der Waals surface area contributed by atoms with Crippen molar-refractivity contribution < 1.29 is 9.53 Å². The molecule has 1 aromatic rings. The van der Waals surface area contributed by atoms with Crippen molar-refractivity contribution in [1.82, 2.24) is 0 Å². The molecule has 0 bridgehead atoms. The van der Waals surface area contributed by atoms with Crippen molar-refractivity contribution in [2.45, 2.75) is 45.1 Å². The first-order chi connectivity index (χ1) is 9.17. The van der Waals surface area contributed by atoms with Gasteiger partial charge in [0.15, 0.2) is 0 Å². The summed E-state index contributed by atoms with van der Waals surface area (Å²) < 4.78 is 5.48. The van der Waals surface area contributed by atoms with Crippen LogP contribution in [0.15, 0.2) is 24.3 Å². The molecule has 0 radical (unpaired) electrons. The second kappa shape index (κ2) is 6.45. The molecule has 4 nitrogen and oxygen atoms in total. The average Bonchev–Trinajstić information content (AvgIpc) is 2.38. The van der Waals surface area contributed by atoms with Crippen LogP contribution < -0.4 is 11.1 Å². The Kier molecular flexibility index (Phi) is 4.66. The Balaban J connectivity index is 1.84. The van der Waals surface area contributed by atoms with Crippen LogP contribution in [0.5, 0.6) is 0 Å². The van der Waals surface area contributed by atoms with Gasteiger partial charge in [0.05, 0.1) is 0 Å². The molecule has 1 aromatic carbocycles. The molecule has 0 saturated heterocycles. The Morgan fingerprint density at radius 1 is 1.47 bits per heavy atom. The minimum Gasteiger partial charge on any atom is -0.446 e. The first-order valence-corrected chi connectivity index (χ1v) is 7.00. The lowest BCUT2D eigenvalue weighted by Gasteiger charge is -2.28. The number of nitrogens with one attached hydrogen (secondary N) is 1. The highest BCUT2D eigenvalue weighted by molar-refractivity contribution is 5.85. The van der Waals surface area contributed by atoms with E-state index in [1.807, 2.05) is 0 Å². The van der Waals surface area contributed by atoms with Gasteiger partial charge in [-0.2, -0.15) is 0 Å². The van der Waals surface area contributed by atoms with Crippen molar-refractivity contribution in [2.75, 3.05) is 11.1 Å². The molecule has 1 saturated carbocycles. The molecule has 2 rings (SSSR count). The molecule has 0 aromatic heterocycles. The number of ether oxygens (including phenoxy) is 1. The molecule has 0 heterocycles. The maximum absolute atomic E-state index is 11.8. The fourth-order valence-corrected chi connectivity index (χ4v) is 2.63. The number of carbonyl (C=O) groups is 1. The van der Waals surface area contributed by atoms with Crippen LogP contribution in [0, 0.1) is 5.92 Å². The zero-order chi connectivity index (χ0) is 13.7. The van der Waals surface area contributed by atoms with Crippen LogP contribution in [0.3, 0.4) is 0 Å². The lowest BCUT2D eigenvalue weighted by molar-refractivity contribution is 0.0685.